The minimum absolute atomic E-state index is 0.227. The Morgan fingerprint density at radius 1 is 1.07 bits per heavy atom. The lowest BCUT2D eigenvalue weighted by Crippen LogP contribution is -2.10. The molecular formula is C23H29NO3. The number of carbonyl (C=O) groups excluding carboxylic acids is 1. The Morgan fingerprint density at radius 3 is 2.33 bits per heavy atom. The minimum Gasteiger partial charge on any atom is -0.494 e. The second-order valence-corrected chi connectivity index (χ2v) is 6.34. The summed E-state index contributed by atoms with van der Waals surface area (Å²) in [5, 5.41) is 4.38. The van der Waals surface area contributed by atoms with Crippen molar-refractivity contribution in [2.75, 3.05) is 13.7 Å². The van der Waals surface area contributed by atoms with E-state index < -0.39 is 0 Å². The number of furan rings is 1. The Bertz CT molecular complexity index is 836. The Kier molecular flexibility index (Phi) is 8.08. The standard InChI is InChI=1S/C21H25NO2.C2H4O/c1-4-23-19-11-8-16(9-12-19)5-6-17-7-10-18-14-20(15(2)22-3)24-21(18)13-17;1-2-3/h7-15,22H,4-6H2,1-3H3;2H,1H3. The molecule has 0 aliphatic rings. The maximum atomic E-state index is 8.81. The van der Waals surface area contributed by atoms with Gasteiger partial charge >= 0.3 is 0 Å². The predicted molar refractivity (Wildman–Crippen MR) is 110 cm³/mol. The number of aldehydes is 1. The van der Waals surface area contributed by atoms with E-state index in [9.17, 15) is 0 Å². The van der Waals surface area contributed by atoms with Crippen molar-refractivity contribution >= 4 is 17.3 Å². The molecule has 4 heteroatoms. The van der Waals surface area contributed by atoms with Crippen molar-refractivity contribution in [2.24, 2.45) is 0 Å². The molecule has 1 unspecified atom stereocenters. The number of benzene rings is 2. The summed E-state index contributed by atoms with van der Waals surface area (Å²) in [6, 6.07) is 17.2. The summed E-state index contributed by atoms with van der Waals surface area (Å²) in [4.78, 5) is 8.81. The highest BCUT2D eigenvalue weighted by Crippen LogP contribution is 2.25. The van der Waals surface area contributed by atoms with Gasteiger partial charge in [0, 0.05) is 5.39 Å². The largest absolute Gasteiger partial charge is 0.494 e. The second kappa shape index (κ2) is 10.5. The molecule has 0 aliphatic carbocycles. The minimum atomic E-state index is 0.227. The first-order valence-corrected chi connectivity index (χ1v) is 9.42. The zero-order chi connectivity index (χ0) is 19.6. The molecule has 0 saturated carbocycles. The molecule has 1 N–H and O–H groups in total. The van der Waals surface area contributed by atoms with E-state index in [2.05, 4.69) is 48.6 Å². The number of nitrogens with one attached hydrogen (secondary N) is 1. The number of hydrogen-bond acceptors (Lipinski definition) is 4. The van der Waals surface area contributed by atoms with Crippen LogP contribution in [0.5, 0.6) is 5.75 Å². The number of ether oxygens (including phenoxy) is 1. The van der Waals surface area contributed by atoms with Crippen molar-refractivity contribution in [3.8, 4) is 5.75 Å². The molecule has 0 fully saturated rings. The highest BCUT2D eigenvalue weighted by atomic mass is 16.5. The van der Waals surface area contributed by atoms with Crippen molar-refractivity contribution in [3.05, 3.63) is 65.4 Å². The Hall–Kier alpha value is -2.59. The zero-order valence-electron chi connectivity index (χ0n) is 16.6. The Balaban J connectivity index is 0.000000817. The van der Waals surface area contributed by atoms with Gasteiger partial charge in [0.05, 0.1) is 12.6 Å². The van der Waals surface area contributed by atoms with Gasteiger partial charge in [-0.3, -0.25) is 0 Å². The monoisotopic (exact) mass is 367 g/mol. The van der Waals surface area contributed by atoms with Gasteiger partial charge in [-0.25, -0.2) is 0 Å². The van der Waals surface area contributed by atoms with E-state index >= 15 is 0 Å². The van der Waals surface area contributed by atoms with Gasteiger partial charge in [0.25, 0.3) is 0 Å². The van der Waals surface area contributed by atoms with Gasteiger partial charge in [0.1, 0.15) is 23.4 Å². The summed E-state index contributed by atoms with van der Waals surface area (Å²) in [6.07, 6.45) is 2.76. The number of hydrogen-bond donors (Lipinski definition) is 1. The van der Waals surface area contributed by atoms with Crippen LogP contribution in [0.15, 0.2) is 52.9 Å². The smallest absolute Gasteiger partial charge is 0.134 e. The first kappa shape index (κ1) is 20.7. The van der Waals surface area contributed by atoms with Crippen molar-refractivity contribution < 1.29 is 13.9 Å². The van der Waals surface area contributed by atoms with Gasteiger partial charge in [-0.2, -0.15) is 0 Å². The van der Waals surface area contributed by atoms with Gasteiger partial charge in [-0.05, 0) is 76.1 Å². The first-order valence-electron chi connectivity index (χ1n) is 9.42. The molecule has 1 heterocycles. The molecule has 3 aromatic rings. The van der Waals surface area contributed by atoms with Crippen molar-refractivity contribution in [1.29, 1.82) is 0 Å². The highest BCUT2D eigenvalue weighted by Gasteiger charge is 2.10. The fourth-order valence-electron chi connectivity index (χ4n) is 2.81. The summed E-state index contributed by atoms with van der Waals surface area (Å²) < 4.78 is 11.5. The van der Waals surface area contributed by atoms with E-state index in [-0.39, 0.29) is 6.04 Å². The fraction of sp³-hybridized carbons (Fsp3) is 0.348. The number of aryl methyl sites for hydroxylation is 2. The number of carbonyl (C=O) groups is 1. The third kappa shape index (κ3) is 5.97. The van der Waals surface area contributed by atoms with E-state index in [1.54, 1.807) is 0 Å². The van der Waals surface area contributed by atoms with Crippen molar-refractivity contribution in [2.45, 2.75) is 39.7 Å². The molecule has 27 heavy (non-hydrogen) atoms. The van der Waals surface area contributed by atoms with E-state index in [1.165, 1.54) is 18.1 Å². The average Bonchev–Trinajstić information content (AvgIpc) is 3.11. The molecule has 144 valence electrons. The van der Waals surface area contributed by atoms with E-state index in [1.807, 2.05) is 26.1 Å². The lowest BCUT2D eigenvalue weighted by molar-refractivity contribution is -0.106. The molecule has 1 aromatic heterocycles. The summed E-state index contributed by atoms with van der Waals surface area (Å²) in [5.41, 5.74) is 3.59. The maximum Gasteiger partial charge on any atom is 0.134 e. The third-order valence-electron chi connectivity index (χ3n) is 4.40. The third-order valence-corrected chi connectivity index (χ3v) is 4.40. The quantitative estimate of drug-likeness (QED) is 0.590. The zero-order valence-corrected chi connectivity index (χ0v) is 16.6. The Labute approximate surface area is 161 Å². The van der Waals surface area contributed by atoms with Crippen LogP contribution in [0.1, 0.15) is 43.7 Å². The molecule has 0 aliphatic heterocycles. The van der Waals surface area contributed by atoms with Gasteiger partial charge in [0.2, 0.25) is 0 Å². The fourth-order valence-corrected chi connectivity index (χ4v) is 2.81. The van der Waals surface area contributed by atoms with Crippen LogP contribution in [-0.2, 0) is 17.6 Å². The van der Waals surface area contributed by atoms with Crippen molar-refractivity contribution in [3.63, 3.8) is 0 Å². The van der Waals surface area contributed by atoms with Crippen LogP contribution in [0.25, 0.3) is 11.0 Å². The van der Waals surface area contributed by atoms with Gasteiger partial charge in [-0.15, -0.1) is 0 Å². The summed E-state index contributed by atoms with van der Waals surface area (Å²) in [6.45, 7) is 6.25. The van der Waals surface area contributed by atoms with Crippen LogP contribution in [0.2, 0.25) is 0 Å². The summed E-state index contributed by atoms with van der Waals surface area (Å²) in [5.74, 6) is 1.92. The summed E-state index contributed by atoms with van der Waals surface area (Å²) in [7, 11) is 1.94. The van der Waals surface area contributed by atoms with Crippen LogP contribution in [0, 0.1) is 0 Å². The molecular weight excluding hydrogens is 338 g/mol. The molecule has 2 aromatic carbocycles. The van der Waals surface area contributed by atoms with Crippen LogP contribution in [0.3, 0.4) is 0 Å². The molecule has 0 bridgehead atoms. The highest BCUT2D eigenvalue weighted by molar-refractivity contribution is 5.78. The molecule has 0 radical (unpaired) electrons. The van der Waals surface area contributed by atoms with E-state index in [0.717, 1.165) is 41.6 Å². The van der Waals surface area contributed by atoms with Crippen LogP contribution < -0.4 is 10.1 Å². The molecule has 1 atom stereocenters. The predicted octanol–water partition coefficient (Wildman–Crippen LogP) is 5.10. The molecule has 4 nitrogen and oxygen atoms in total. The molecule has 0 amide bonds. The SMILES string of the molecule is CC=O.CCOc1ccc(CCc2ccc3cc(C(C)NC)oc3c2)cc1. The average molecular weight is 367 g/mol. The maximum absolute atomic E-state index is 8.81. The normalized spacial score (nSPS) is 11.6. The van der Waals surface area contributed by atoms with Crippen LogP contribution >= 0.6 is 0 Å². The summed E-state index contributed by atoms with van der Waals surface area (Å²) >= 11 is 0. The number of rotatable bonds is 7. The van der Waals surface area contributed by atoms with Crippen molar-refractivity contribution in [1.82, 2.24) is 5.32 Å². The lowest BCUT2D eigenvalue weighted by atomic mass is 10.0. The van der Waals surface area contributed by atoms with Gasteiger partial charge in [-0.1, -0.05) is 24.3 Å². The van der Waals surface area contributed by atoms with Crippen LogP contribution in [0.4, 0.5) is 0 Å². The lowest BCUT2D eigenvalue weighted by Gasteiger charge is -2.05. The number of fused-ring (bicyclic) bond motifs is 1. The van der Waals surface area contributed by atoms with Crippen LogP contribution in [-0.4, -0.2) is 19.9 Å². The van der Waals surface area contributed by atoms with Gasteiger partial charge < -0.3 is 19.3 Å². The van der Waals surface area contributed by atoms with E-state index in [4.69, 9.17) is 13.9 Å². The van der Waals surface area contributed by atoms with Gasteiger partial charge in [0.15, 0.2) is 0 Å². The molecule has 3 rings (SSSR count). The Morgan fingerprint density at radius 2 is 1.70 bits per heavy atom. The topological polar surface area (TPSA) is 51.5 Å². The molecule has 0 saturated heterocycles. The van der Waals surface area contributed by atoms with E-state index in [0.29, 0.717) is 6.61 Å². The second-order valence-electron chi connectivity index (χ2n) is 6.34. The molecule has 0 spiro atoms. The first-order chi connectivity index (χ1) is 13.1.